The van der Waals surface area contributed by atoms with Crippen LogP contribution in [-0.4, -0.2) is 6.36 Å². The van der Waals surface area contributed by atoms with Gasteiger partial charge in [0.1, 0.15) is 5.75 Å². The first-order chi connectivity index (χ1) is 6.92. The maximum atomic E-state index is 11.8. The molecule has 0 aromatic heterocycles. The molecule has 0 heterocycles. The average molecular weight is 238 g/mol. The third-order valence-electron chi connectivity index (χ3n) is 1.31. The minimum Gasteiger partial charge on any atom is -0.406 e. The largest absolute Gasteiger partial charge is 0.573 e. The van der Waals surface area contributed by atoms with Gasteiger partial charge in [-0.15, -0.1) is 13.2 Å². The number of nitrogens with zero attached hydrogens (tertiary/aromatic N) is 3. The van der Waals surface area contributed by atoms with Gasteiger partial charge in [-0.2, -0.15) is 0 Å². The van der Waals surface area contributed by atoms with Crippen LogP contribution in [0.1, 0.15) is 0 Å². The lowest BCUT2D eigenvalue weighted by Crippen LogP contribution is -2.16. The molecular weight excluding hydrogens is 235 g/mol. The summed E-state index contributed by atoms with van der Waals surface area (Å²) in [7, 11) is 0. The van der Waals surface area contributed by atoms with E-state index in [1.54, 1.807) is 0 Å². The summed E-state index contributed by atoms with van der Waals surface area (Å²) in [4.78, 5) is 2.45. The van der Waals surface area contributed by atoms with Crippen molar-refractivity contribution in [3.8, 4) is 5.75 Å². The normalized spacial score (nSPS) is 10.7. The molecule has 0 bridgehead atoms. The van der Waals surface area contributed by atoms with Crippen LogP contribution in [0.15, 0.2) is 23.3 Å². The fourth-order valence-electron chi connectivity index (χ4n) is 0.814. The highest BCUT2D eigenvalue weighted by Gasteiger charge is 2.31. The molecule has 8 heteroatoms. The van der Waals surface area contributed by atoms with Crippen LogP contribution >= 0.6 is 11.6 Å². The number of hydrogen-bond donors (Lipinski definition) is 0. The number of azide groups is 1. The molecule has 1 aromatic carbocycles. The molecule has 0 saturated heterocycles. The van der Waals surface area contributed by atoms with Crippen molar-refractivity contribution in [3.05, 3.63) is 33.7 Å². The number of halogens is 4. The van der Waals surface area contributed by atoms with Crippen LogP contribution in [0.4, 0.5) is 18.9 Å². The Kier molecular flexibility index (Phi) is 3.28. The van der Waals surface area contributed by atoms with Crippen molar-refractivity contribution in [2.45, 2.75) is 6.36 Å². The van der Waals surface area contributed by atoms with Crippen LogP contribution in [0.3, 0.4) is 0 Å². The van der Waals surface area contributed by atoms with Gasteiger partial charge in [0, 0.05) is 4.91 Å². The van der Waals surface area contributed by atoms with Crippen molar-refractivity contribution in [1.82, 2.24) is 0 Å². The third kappa shape index (κ3) is 3.57. The fourth-order valence-corrected chi connectivity index (χ4v) is 1.02. The predicted molar refractivity (Wildman–Crippen MR) is 46.9 cm³/mol. The van der Waals surface area contributed by atoms with E-state index < -0.39 is 12.1 Å². The van der Waals surface area contributed by atoms with Gasteiger partial charge < -0.3 is 4.74 Å². The van der Waals surface area contributed by atoms with E-state index >= 15 is 0 Å². The Balaban J connectivity index is 2.96. The van der Waals surface area contributed by atoms with Gasteiger partial charge in [0.25, 0.3) is 0 Å². The molecular formula is C7H3ClF3N3O. The quantitative estimate of drug-likeness (QED) is 0.432. The standard InChI is InChI=1S/C7H3ClF3N3O/c8-5-3-4(15-7(9,10)11)1-2-6(5)13-14-12/h1-3H. The zero-order chi connectivity index (χ0) is 11.5. The van der Waals surface area contributed by atoms with Crippen LogP contribution < -0.4 is 4.74 Å². The minimum absolute atomic E-state index is 0.0358. The van der Waals surface area contributed by atoms with E-state index in [1.165, 1.54) is 0 Å². The summed E-state index contributed by atoms with van der Waals surface area (Å²) < 4.78 is 38.9. The summed E-state index contributed by atoms with van der Waals surface area (Å²) in [6.07, 6.45) is -4.77. The monoisotopic (exact) mass is 237 g/mol. The van der Waals surface area contributed by atoms with E-state index in [2.05, 4.69) is 14.8 Å². The van der Waals surface area contributed by atoms with Gasteiger partial charge in [0.2, 0.25) is 0 Å². The SMILES string of the molecule is [N-]=[N+]=Nc1ccc(OC(F)(F)F)cc1Cl. The second-order valence-electron chi connectivity index (χ2n) is 2.35. The minimum atomic E-state index is -4.77. The third-order valence-corrected chi connectivity index (χ3v) is 1.61. The summed E-state index contributed by atoms with van der Waals surface area (Å²) in [5.41, 5.74) is 8.12. The molecule has 15 heavy (non-hydrogen) atoms. The second-order valence-corrected chi connectivity index (χ2v) is 2.76. The molecule has 0 aliphatic rings. The second kappa shape index (κ2) is 4.29. The molecule has 1 rings (SSSR count). The number of ether oxygens (including phenoxy) is 1. The molecule has 4 nitrogen and oxygen atoms in total. The predicted octanol–water partition coefficient (Wildman–Crippen LogP) is 4.18. The smallest absolute Gasteiger partial charge is 0.406 e. The molecule has 0 N–H and O–H groups in total. The van der Waals surface area contributed by atoms with Gasteiger partial charge in [-0.3, -0.25) is 0 Å². The van der Waals surface area contributed by atoms with Gasteiger partial charge in [-0.1, -0.05) is 16.7 Å². The Morgan fingerprint density at radius 3 is 2.53 bits per heavy atom. The van der Waals surface area contributed by atoms with Crippen molar-refractivity contribution in [2.75, 3.05) is 0 Å². The van der Waals surface area contributed by atoms with Crippen molar-refractivity contribution in [2.24, 2.45) is 5.11 Å². The van der Waals surface area contributed by atoms with Crippen LogP contribution in [0, 0.1) is 0 Å². The molecule has 80 valence electrons. The number of alkyl halides is 3. The van der Waals surface area contributed by atoms with Gasteiger partial charge in [0.15, 0.2) is 0 Å². The van der Waals surface area contributed by atoms with Crippen molar-refractivity contribution in [1.29, 1.82) is 0 Å². The summed E-state index contributed by atoms with van der Waals surface area (Å²) in [6, 6.07) is 3.05. The highest BCUT2D eigenvalue weighted by atomic mass is 35.5. The van der Waals surface area contributed by atoms with E-state index in [0.717, 1.165) is 18.2 Å². The van der Waals surface area contributed by atoms with E-state index in [0.29, 0.717) is 0 Å². The van der Waals surface area contributed by atoms with Crippen LogP contribution in [0.5, 0.6) is 5.75 Å². The van der Waals surface area contributed by atoms with Crippen molar-refractivity contribution >= 4 is 17.3 Å². The van der Waals surface area contributed by atoms with Crippen LogP contribution in [0.2, 0.25) is 5.02 Å². The topological polar surface area (TPSA) is 58.0 Å². The lowest BCUT2D eigenvalue weighted by molar-refractivity contribution is -0.274. The summed E-state index contributed by atoms with van der Waals surface area (Å²) in [5, 5.41) is 3.04. The molecule has 0 fully saturated rings. The first-order valence-corrected chi connectivity index (χ1v) is 3.90. The Bertz CT molecular complexity index is 414. The van der Waals surface area contributed by atoms with Gasteiger partial charge >= 0.3 is 6.36 Å². The molecule has 0 amide bonds. The fraction of sp³-hybridized carbons (Fsp3) is 0.143. The van der Waals surface area contributed by atoms with E-state index in [4.69, 9.17) is 17.1 Å². The highest BCUT2D eigenvalue weighted by molar-refractivity contribution is 6.33. The summed E-state index contributed by atoms with van der Waals surface area (Å²) >= 11 is 5.52. The molecule has 0 aliphatic carbocycles. The Morgan fingerprint density at radius 1 is 1.40 bits per heavy atom. The van der Waals surface area contributed by atoms with Crippen molar-refractivity contribution in [3.63, 3.8) is 0 Å². The molecule has 0 aliphatic heterocycles. The average Bonchev–Trinajstić information content (AvgIpc) is 2.07. The Morgan fingerprint density at radius 2 is 2.07 bits per heavy atom. The van der Waals surface area contributed by atoms with E-state index in [9.17, 15) is 13.2 Å². The van der Waals surface area contributed by atoms with Gasteiger partial charge in [-0.05, 0) is 23.7 Å². The molecule has 1 aromatic rings. The molecule has 0 unspecified atom stereocenters. The van der Waals surface area contributed by atoms with Gasteiger partial charge in [0.05, 0.1) is 10.7 Å². The zero-order valence-corrected chi connectivity index (χ0v) is 7.75. The number of benzene rings is 1. The first kappa shape index (κ1) is 11.5. The zero-order valence-electron chi connectivity index (χ0n) is 6.99. The lowest BCUT2D eigenvalue weighted by Gasteiger charge is -2.09. The Hall–Kier alpha value is -1.59. The first-order valence-electron chi connectivity index (χ1n) is 3.53. The lowest BCUT2D eigenvalue weighted by atomic mass is 10.3. The molecule has 0 spiro atoms. The number of rotatable bonds is 2. The van der Waals surface area contributed by atoms with Crippen molar-refractivity contribution < 1.29 is 17.9 Å². The highest BCUT2D eigenvalue weighted by Crippen LogP contribution is 2.31. The molecule has 0 radical (unpaired) electrons. The molecule has 0 atom stereocenters. The summed E-state index contributed by atoms with van der Waals surface area (Å²) in [6.45, 7) is 0. The van der Waals surface area contributed by atoms with E-state index in [-0.39, 0.29) is 10.7 Å². The Labute approximate surface area is 86.8 Å². The van der Waals surface area contributed by atoms with Gasteiger partial charge in [-0.25, -0.2) is 0 Å². The summed E-state index contributed by atoms with van der Waals surface area (Å²) in [5.74, 6) is -0.468. The number of hydrogen-bond acceptors (Lipinski definition) is 2. The maximum absolute atomic E-state index is 11.8. The maximum Gasteiger partial charge on any atom is 0.573 e. The van der Waals surface area contributed by atoms with Crippen LogP contribution in [0.25, 0.3) is 10.4 Å². The van der Waals surface area contributed by atoms with Crippen LogP contribution in [-0.2, 0) is 0 Å². The van der Waals surface area contributed by atoms with E-state index in [1.807, 2.05) is 0 Å². The molecule has 0 saturated carbocycles.